The normalized spacial score (nSPS) is 16.0. The molecule has 0 saturated carbocycles. The van der Waals surface area contributed by atoms with Gasteiger partial charge in [0.1, 0.15) is 11.6 Å². The molecule has 1 aliphatic heterocycles. The third-order valence-corrected chi connectivity index (χ3v) is 2.82. The molecule has 110 valence electrons. The molecule has 1 fully saturated rings. The molecular formula is C16H17NO4. The Morgan fingerprint density at radius 1 is 1.33 bits per heavy atom. The topological polar surface area (TPSA) is 68.6 Å². The standard InChI is InChI=1S/C16H17NO4/c1-11(2)21-15(18)14(10-17)9-12-3-5-13(6-4-12)16-19-7-8-20-16/h3-6,9,11,16H,7-8H2,1-2H3/b14-9-. The molecule has 0 atom stereocenters. The minimum absolute atomic E-state index is 0.0233. The third kappa shape index (κ3) is 4.15. The number of ether oxygens (including phenoxy) is 3. The lowest BCUT2D eigenvalue weighted by Gasteiger charge is -2.09. The third-order valence-electron chi connectivity index (χ3n) is 2.82. The van der Waals surface area contributed by atoms with Gasteiger partial charge in [-0.1, -0.05) is 24.3 Å². The first-order valence-corrected chi connectivity index (χ1v) is 6.76. The van der Waals surface area contributed by atoms with Crippen LogP contribution in [0.25, 0.3) is 6.08 Å². The maximum Gasteiger partial charge on any atom is 0.349 e. The van der Waals surface area contributed by atoms with Gasteiger partial charge in [0.2, 0.25) is 0 Å². The smallest absolute Gasteiger partial charge is 0.349 e. The van der Waals surface area contributed by atoms with Gasteiger partial charge in [0.25, 0.3) is 0 Å². The van der Waals surface area contributed by atoms with Gasteiger partial charge >= 0.3 is 5.97 Å². The monoisotopic (exact) mass is 287 g/mol. The molecule has 21 heavy (non-hydrogen) atoms. The highest BCUT2D eigenvalue weighted by Crippen LogP contribution is 2.23. The first kappa shape index (κ1) is 15.2. The fraction of sp³-hybridized carbons (Fsp3) is 0.375. The van der Waals surface area contributed by atoms with E-state index in [1.165, 1.54) is 6.08 Å². The number of rotatable bonds is 4. The summed E-state index contributed by atoms with van der Waals surface area (Å²) < 4.78 is 15.8. The molecular weight excluding hydrogens is 270 g/mol. The van der Waals surface area contributed by atoms with Crippen LogP contribution in [0.4, 0.5) is 0 Å². The molecule has 2 rings (SSSR count). The van der Waals surface area contributed by atoms with Crippen molar-refractivity contribution in [1.29, 1.82) is 5.26 Å². The van der Waals surface area contributed by atoms with Gasteiger partial charge in [0, 0.05) is 5.56 Å². The van der Waals surface area contributed by atoms with E-state index in [0.29, 0.717) is 13.2 Å². The summed E-state index contributed by atoms with van der Waals surface area (Å²) in [7, 11) is 0. The number of carbonyl (C=O) groups excluding carboxylic acids is 1. The molecule has 1 aliphatic rings. The van der Waals surface area contributed by atoms with Crippen molar-refractivity contribution in [1.82, 2.24) is 0 Å². The average Bonchev–Trinajstić information content (AvgIpc) is 2.98. The zero-order valence-corrected chi connectivity index (χ0v) is 12.0. The van der Waals surface area contributed by atoms with E-state index >= 15 is 0 Å². The van der Waals surface area contributed by atoms with Gasteiger partial charge in [-0.2, -0.15) is 5.26 Å². The fourth-order valence-corrected chi connectivity index (χ4v) is 1.88. The Morgan fingerprint density at radius 3 is 2.48 bits per heavy atom. The summed E-state index contributed by atoms with van der Waals surface area (Å²) in [5, 5.41) is 9.04. The maximum absolute atomic E-state index is 11.7. The van der Waals surface area contributed by atoms with Crippen LogP contribution in [0, 0.1) is 11.3 Å². The van der Waals surface area contributed by atoms with Gasteiger partial charge in [-0.3, -0.25) is 0 Å². The van der Waals surface area contributed by atoms with Crippen LogP contribution in [0.15, 0.2) is 29.8 Å². The Hall–Kier alpha value is -2.16. The van der Waals surface area contributed by atoms with E-state index in [-0.39, 0.29) is 18.0 Å². The molecule has 1 aromatic carbocycles. The Morgan fingerprint density at radius 2 is 1.95 bits per heavy atom. The van der Waals surface area contributed by atoms with Crippen LogP contribution in [-0.2, 0) is 19.0 Å². The van der Waals surface area contributed by atoms with Gasteiger partial charge in [0.05, 0.1) is 19.3 Å². The van der Waals surface area contributed by atoms with Crippen molar-refractivity contribution in [3.8, 4) is 6.07 Å². The Kier molecular flexibility index (Phi) is 5.09. The lowest BCUT2D eigenvalue weighted by Crippen LogP contribution is -2.12. The molecule has 0 amide bonds. The minimum Gasteiger partial charge on any atom is -0.459 e. The quantitative estimate of drug-likeness (QED) is 0.483. The molecule has 0 N–H and O–H groups in total. The minimum atomic E-state index is -0.612. The second-order valence-corrected chi connectivity index (χ2v) is 4.86. The van der Waals surface area contributed by atoms with Gasteiger partial charge < -0.3 is 14.2 Å². The molecule has 5 heteroatoms. The summed E-state index contributed by atoms with van der Waals surface area (Å²) in [5.74, 6) is -0.612. The van der Waals surface area contributed by atoms with Gasteiger partial charge in [0.15, 0.2) is 6.29 Å². The van der Waals surface area contributed by atoms with E-state index in [1.54, 1.807) is 26.0 Å². The van der Waals surface area contributed by atoms with E-state index < -0.39 is 5.97 Å². The van der Waals surface area contributed by atoms with Gasteiger partial charge in [-0.05, 0) is 25.5 Å². The second-order valence-electron chi connectivity index (χ2n) is 4.86. The number of hydrogen-bond donors (Lipinski definition) is 0. The molecule has 0 bridgehead atoms. The summed E-state index contributed by atoms with van der Waals surface area (Å²) in [4.78, 5) is 11.7. The summed E-state index contributed by atoms with van der Waals surface area (Å²) in [6.07, 6.45) is 0.919. The van der Waals surface area contributed by atoms with E-state index in [0.717, 1.165) is 11.1 Å². The van der Waals surface area contributed by atoms with Crippen LogP contribution < -0.4 is 0 Å². The molecule has 0 radical (unpaired) electrons. The molecule has 0 spiro atoms. The van der Waals surface area contributed by atoms with Crippen LogP contribution >= 0.6 is 0 Å². The van der Waals surface area contributed by atoms with E-state index in [1.807, 2.05) is 18.2 Å². The Labute approximate surface area is 123 Å². The van der Waals surface area contributed by atoms with Crippen molar-refractivity contribution in [2.24, 2.45) is 0 Å². The summed E-state index contributed by atoms with van der Waals surface area (Å²) >= 11 is 0. The van der Waals surface area contributed by atoms with Crippen LogP contribution in [0.1, 0.15) is 31.3 Å². The summed E-state index contributed by atoms with van der Waals surface area (Å²) in [6.45, 7) is 4.66. The van der Waals surface area contributed by atoms with Crippen molar-refractivity contribution in [3.05, 3.63) is 41.0 Å². The Bertz CT molecular complexity index is 563. The maximum atomic E-state index is 11.7. The van der Waals surface area contributed by atoms with Crippen molar-refractivity contribution < 1.29 is 19.0 Å². The molecule has 0 aliphatic carbocycles. The molecule has 1 saturated heterocycles. The van der Waals surface area contributed by atoms with E-state index in [9.17, 15) is 4.79 Å². The number of nitrogens with zero attached hydrogens (tertiary/aromatic N) is 1. The van der Waals surface area contributed by atoms with Crippen LogP contribution in [0.5, 0.6) is 0 Å². The average molecular weight is 287 g/mol. The van der Waals surface area contributed by atoms with Gasteiger partial charge in [-0.25, -0.2) is 4.79 Å². The molecule has 1 heterocycles. The van der Waals surface area contributed by atoms with E-state index in [2.05, 4.69) is 0 Å². The highest BCUT2D eigenvalue weighted by atomic mass is 16.7. The van der Waals surface area contributed by atoms with E-state index in [4.69, 9.17) is 19.5 Å². The largest absolute Gasteiger partial charge is 0.459 e. The first-order valence-electron chi connectivity index (χ1n) is 6.76. The first-order chi connectivity index (χ1) is 10.1. The van der Waals surface area contributed by atoms with Crippen LogP contribution in [-0.4, -0.2) is 25.3 Å². The molecule has 5 nitrogen and oxygen atoms in total. The SMILES string of the molecule is CC(C)OC(=O)/C(C#N)=C\c1ccc(C2OCCO2)cc1. The lowest BCUT2D eigenvalue weighted by molar-refractivity contribution is -0.142. The predicted octanol–water partition coefficient (Wildman–Crippen LogP) is 2.59. The predicted molar refractivity (Wildman–Crippen MR) is 75.9 cm³/mol. The molecule has 1 aromatic rings. The zero-order valence-electron chi connectivity index (χ0n) is 12.0. The summed E-state index contributed by atoms with van der Waals surface area (Å²) in [6, 6.07) is 9.18. The number of nitriles is 1. The second kappa shape index (κ2) is 7.02. The number of carbonyl (C=O) groups is 1. The number of benzene rings is 1. The molecule has 0 aromatic heterocycles. The Balaban J connectivity index is 2.11. The van der Waals surface area contributed by atoms with Crippen molar-refractivity contribution in [2.45, 2.75) is 26.2 Å². The highest BCUT2D eigenvalue weighted by molar-refractivity contribution is 5.97. The van der Waals surface area contributed by atoms with Crippen molar-refractivity contribution in [2.75, 3.05) is 13.2 Å². The molecule has 0 unspecified atom stereocenters. The lowest BCUT2D eigenvalue weighted by atomic mass is 10.1. The van der Waals surface area contributed by atoms with Gasteiger partial charge in [-0.15, -0.1) is 0 Å². The van der Waals surface area contributed by atoms with Crippen molar-refractivity contribution in [3.63, 3.8) is 0 Å². The zero-order chi connectivity index (χ0) is 15.2. The number of esters is 1. The van der Waals surface area contributed by atoms with Crippen LogP contribution in [0.3, 0.4) is 0 Å². The highest BCUT2D eigenvalue weighted by Gasteiger charge is 2.18. The number of hydrogen-bond acceptors (Lipinski definition) is 5. The van der Waals surface area contributed by atoms with Crippen molar-refractivity contribution >= 4 is 12.0 Å². The fourth-order valence-electron chi connectivity index (χ4n) is 1.88. The van der Waals surface area contributed by atoms with Crippen LogP contribution in [0.2, 0.25) is 0 Å². The summed E-state index contributed by atoms with van der Waals surface area (Å²) in [5.41, 5.74) is 1.63.